The number of ether oxygens (including phenoxy) is 1. The maximum absolute atomic E-state index is 12.8. The van der Waals surface area contributed by atoms with E-state index in [2.05, 4.69) is 10.3 Å². The predicted octanol–water partition coefficient (Wildman–Crippen LogP) is -0.159. The molecule has 10 heteroatoms. The van der Waals surface area contributed by atoms with Crippen LogP contribution in [0, 0.1) is 0 Å². The topological polar surface area (TPSA) is 138 Å². The number of nitrogens with zero attached hydrogens (tertiary/aromatic N) is 3. The second-order valence-electron chi connectivity index (χ2n) is 5.93. The van der Waals surface area contributed by atoms with Gasteiger partial charge in [-0.25, -0.2) is 14.3 Å². The maximum atomic E-state index is 12.8. The summed E-state index contributed by atoms with van der Waals surface area (Å²) < 4.78 is 7.16. The molecule has 2 aromatic heterocycles. The quantitative estimate of drug-likeness (QED) is 0.628. The van der Waals surface area contributed by atoms with Crippen molar-refractivity contribution in [2.75, 3.05) is 12.4 Å². The molecule has 0 unspecified atom stereocenters. The van der Waals surface area contributed by atoms with E-state index in [4.69, 9.17) is 10.5 Å². The lowest BCUT2D eigenvalue weighted by atomic mass is 10.2. The number of hydrogen-bond donors (Lipinski definition) is 2. The normalized spacial score (nSPS) is 10.6. The van der Waals surface area contributed by atoms with Crippen LogP contribution in [-0.2, 0) is 18.4 Å². The number of nitrogens with one attached hydrogen (secondary N) is 1. The average Bonchev–Trinajstić information content (AvgIpc) is 2.69. The van der Waals surface area contributed by atoms with Gasteiger partial charge in [0.25, 0.3) is 5.56 Å². The van der Waals surface area contributed by atoms with Crippen LogP contribution in [0.1, 0.15) is 10.4 Å². The smallest absolute Gasteiger partial charge is 0.332 e. The van der Waals surface area contributed by atoms with Gasteiger partial charge in [-0.05, 0) is 30.3 Å². The van der Waals surface area contributed by atoms with E-state index in [1.165, 1.54) is 55.3 Å². The summed E-state index contributed by atoms with van der Waals surface area (Å²) in [5.74, 6) is -0.929. The lowest BCUT2D eigenvalue weighted by Gasteiger charge is -2.12. The van der Waals surface area contributed by atoms with Gasteiger partial charge in [0.1, 0.15) is 17.7 Å². The van der Waals surface area contributed by atoms with Crippen LogP contribution in [0.25, 0.3) is 11.0 Å². The Hall–Kier alpha value is -3.95. The van der Waals surface area contributed by atoms with Gasteiger partial charge in [0.15, 0.2) is 5.65 Å². The molecule has 0 atom stereocenters. The summed E-state index contributed by atoms with van der Waals surface area (Å²) >= 11 is 0. The van der Waals surface area contributed by atoms with Crippen molar-refractivity contribution in [3.8, 4) is 5.75 Å². The predicted molar refractivity (Wildman–Crippen MR) is 101 cm³/mol. The first-order valence-electron chi connectivity index (χ1n) is 8.15. The van der Waals surface area contributed by atoms with Crippen molar-refractivity contribution in [1.29, 1.82) is 0 Å². The zero-order chi connectivity index (χ0) is 20.4. The van der Waals surface area contributed by atoms with E-state index in [9.17, 15) is 19.2 Å². The highest BCUT2D eigenvalue weighted by atomic mass is 16.5. The summed E-state index contributed by atoms with van der Waals surface area (Å²) in [4.78, 5) is 52.8. The second kappa shape index (κ2) is 7.35. The number of fused-ring (bicyclic) bond motifs is 1. The van der Waals surface area contributed by atoms with Crippen molar-refractivity contribution < 1.29 is 14.3 Å². The fourth-order valence-electron chi connectivity index (χ4n) is 2.75. The summed E-state index contributed by atoms with van der Waals surface area (Å²) in [5.41, 5.74) is 4.64. The molecule has 2 heterocycles. The van der Waals surface area contributed by atoms with Crippen molar-refractivity contribution in [2.24, 2.45) is 12.8 Å². The molecule has 3 N–H and O–H groups in total. The second-order valence-corrected chi connectivity index (χ2v) is 5.93. The molecule has 3 aromatic rings. The van der Waals surface area contributed by atoms with Gasteiger partial charge in [0.05, 0.1) is 7.11 Å². The largest absolute Gasteiger partial charge is 0.496 e. The molecule has 0 aliphatic rings. The van der Waals surface area contributed by atoms with Crippen LogP contribution in [0.15, 0.2) is 46.1 Å². The molecule has 28 heavy (non-hydrogen) atoms. The molecule has 0 spiro atoms. The van der Waals surface area contributed by atoms with Crippen molar-refractivity contribution in [3.63, 3.8) is 0 Å². The molecule has 0 aliphatic carbocycles. The zero-order valence-corrected chi connectivity index (χ0v) is 15.1. The molecule has 144 valence electrons. The van der Waals surface area contributed by atoms with E-state index in [0.29, 0.717) is 5.69 Å². The number of primary amides is 1. The third kappa shape index (κ3) is 3.34. The van der Waals surface area contributed by atoms with Crippen molar-refractivity contribution in [1.82, 2.24) is 14.1 Å². The third-order valence-electron chi connectivity index (χ3n) is 4.16. The minimum atomic E-state index is -0.683. The Morgan fingerprint density at radius 2 is 1.86 bits per heavy atom. The fourth-order valence-corrected chi connectivity index (χ4v) is 2.75. The number of nitrogens with two attached hydrogens (primary N) is 1. The SMILES string of the molecule is COc1ccnc2c1c(=O)n(CC(=O)Nc1ccc(C(N)=O)cc1)c(=O)n2C. The van der Waals surface area contributed by atoms with Crippen LogP contribution in [-0.4, -0.2) is 33.0 Å². The van der Waals surface area contributed by atoms with Gasteiger partial charge < -0.3 is 15.8 Å². The summed E-state index contributed by atoms with van der Waals surface area (Å²) in [6.45, 7) is -0.503. The minimum Gasteiger partial charge on any atom is -0.496 e. The highest BCUT2D eigenvalue weighted by molar-refractivity contribution is 5.94. The first-order valence-corrected chi connectivity index (χ1v) is 8.15. The van der Waals surface area contributed by atoms with Crippen LogP contribution in [0.5, 0.6) is 5.75 Å². The van der Waals surface area contributed by atoms with Crippen molar-refractivity contribution in [2.45, 2.75) is 6.54 Å². The molecule has 1 aromatic carbocycles. The minimum absolute atomic E-state index is 0.103. The van der Waals surface area contributed by atoms with E-state index in [1.54, 1.807) is 0 Å². The van der Waals surface area contributed by atoms with E-state index in [0.717, 1.165) is 4.57 Å². The van der Waals surface area contributed by atoms with Gasteiger partial charge >= 0.3 is 5.69 Å². The van der Waals surface area contributed by atoms with Gasteiger partial charge in [-0.1, -0.05) is 0 Å². The molecule has 0 saturated carbocycles. The Kier molecular flexibility index (Phi) is 4.94. The van der Waals surface area contributed by atoms with Crippen molar-refractivity contribution in [3.05, 3.63) is 62.9 Å². The third-order valence-corrected chi connectivity index (χ3v) is 4.16. The Morgan fingerprint density at radius 1 is 1.18 bits per heavy atom. The molecule has 3 rings (SSSR count). The highest BCUT2D eigenvalue weighted by Crippen LogP contribution is 2.18. The summed E-state index contributed by atoms with van der Waals surface area (Å²) in [5, 5.41) is 2.66. The first kappa shape index (κ1) is 18.8. The number of amides is 2. The van der Waals surface area contributed by atoms with Gasteiger partial charge in [-0.3, -0.25) is 19.0 Å². The first-order chi connectivity index (χ1) is 13.3. The lowest BCUT2D eigenvalue weighted by Crippen LogP contribution is -2.42. The molecule has 0 fully saturated rings. The number of aromatic nitrogens is 3. The molecule has 0 radical (unpaired) electrons. The number of pyridine rings is 1. The summed E-state index contributed by atoms with van der Waals surface area (Å²) in [6, 6.07) is 7.39. The van der Waals surface area contributed by atoms with E-state index >= 15 is 0 Å². The van der Waals surface area contributed by atoms with Crippen molar-refractivity contribution >= 4 is 28.5 Å². The fraction of sp³-hybridized carbons (Fsp3) is 0.167. The number of anilines is 1. The maximum Gasteiger partial charge on any atom is 0.332 e. The number of hydrogen-bond acceptors (Lipinski definition) is 6. The molecule has 0 saturated heterocycles. The Bertz CT molecular complexity index is 1190. The van der Waals surface area contributed by atoms with Crippen LogP contribution >= 0.6 is 0 Å². The Labute approximate surface area is 158 Å². The van der Waals surface area contributed by atoms with Gasteiger partial charge in [0.2, 0.25) is 11.8 Å². The van der Waals surface area contributed by atoms with E-state index < -0.39 is 29.6 Å². The molecule has 10 nitrogen and oxygen atoms in total. The monoisotopic (exact) mass is 383 g/mol. The van der Waals surface area contributed by atoms with E-state index in [-0.39, 0.29) is 22.3 Å². The number of benzene rings is 1. The molecule has 0 bridgehead atoms. The van der Waals surface area contributed by atoms with Gasteiger partial charge in [-0.2, -0.15) is 0 Å². The average molecular weight is 383 g/mol. The van der Waals surface area contributed by atoms with Gasteiger partial charge in [0, 0.05) is 24.5 Å². The number of carbonyl (C=O) groups excluding carboxylic acids is 2. The summed E-state index contributed by atoms with van der Waals surface area (Å²) in [7, 11) is 2.85. The Morgan fingerprint density at radius 3 is 2.46 bits per heavy atom. The summed E-state index contributed by atoms with van der Waals surface area (Å²) in [6.07, 6.45) is 1.42. The van der Waals surface area contributed by atoms with Crippen LogP contribution in [0.2, 0.25) is 0 Å². The molecular weight excluding hydrogens is 366 g/mol. The number of aryl methyl sites for hydroxylation is 1. The van der Waals surface area contributed by atoms with Gasteiger partial charge in [-0.15, -0.1) is 0 Å². The Balaban J connectivity index is 1.95. The van der Waals surface area contributed by atoms with Crippen LogP contribution < -0.4 is 27.0 Å². The molecular formula is C18H17N5O5. The van der Waals surface area contributed by atoms with Crippen LogP contribution in [0.4, 0.5) is 5.69 Å². The standard InChI is InChI=1S/C18H17N5O5/c1-22-16-14(12(28-2)7-8-20-16)17(26)23(18(22)27)9-13(24)21-11-5-3-10(4-6-11)15(19)25/h3-8H,9H2,1-2H3,(H2,19,25)(H,21,24). The number of methoxy groups -OCH3 is 1. The number of carbonyl (C=O) groups is 2. The molecule has 0 aliphatic heterocycles. The molecule has 2 amide bonds. The van der Waals surface area contributed by atoms with E-state index in [1.807, 2.05) is 0 Å². The lowest BCUT2D eigenvalue weighted by molar-refractivity contribution is -0.116. The number of rotatable bonds is 5. The van der Waals surface area contributed by atoms with Crippen LogP contribution in [0.3, 0.4) is 0 Å². The zero-order valence-electron chi connectivity index (χ0n) is 15.1. The highest BCUT2D eigenvalue weighted by Gasteiger charge is 2.17.